The summed E-state index contributed by atoms with van der Waals surface area (Å²) in [5, 5.41) is 3.15. The molecule has 0 spiro atoms. The van der Waals surface area contributed by atoms with Crippen LogP contribution in [0.4, 0.5) is 4.79 Å². The molecule has 1 aromatic rings. The van der Waals surface area contributed by atoms with Crippen molar-refractivity contribution >= 4 is 6.03 Å². The van der Waals surface area contributed by atoms with Crippen molar-refractivity contribution in [3.63, 3.8) is 0 Å². The Morgan fingerprint density at radius 2 is 1.95 bits per heavy atom. The molecule has 0 bridgehead atoms. The number of likely N-dealkylation sites (tertiary alicyclic amines) is 1. The fourth-order valence-electron chi connectivity index (χ4n) is 3.06. The van der Waals surface area contributed by atoms with Crippen LogP contribution in [0.3, 0.4) is 0 Å². The number of hydrogen-bond acceptors (Lipinski definition) is 2. The van der Waals surface area contributed by atoms with Gasteiger partial charge in [0.2, 0.25) is 0 Å². The van der Waals surface area contributed by atoms with Crippen LogP contribution in [0.2, 0.25) is 0 Å². The summed E-state index contributed by atoms with van der Waals surface area (Å²) in [5.74, 6) is 0.886. The zero-order valence-corrected chi connectivity index (χ0v) is 14.0. The first-order chi connectivity index (χ1) is 10.7. The van der Waals surface area contributed by atoms with Gasteiger partial charge in [-0.1, -0.05) is 26.0 Å². The van der Waals surface area contributed by atoms with Gasteiger partial charge in [0.25, 0.3) is 0 Å². The van der Waals surface area contributed by atoms with E-state index in [1.807, 2.05) is 24.0 Å². The molecule has 22 heavy (non-hydrogen) atoms. The highest BCUT2D eigenvalue weighted by molar-refractivity contribution is 5.75. The second-order valence-corrected chi connectivity index (χ2v) is 5.82. The minimum atomic E-state index is 0.0742. The lowest BCUT2D eigenvalue weighted by molar-refractivity contribution is 0.188. The third kappa shape index (κ3) is 3.93. The fraction of sp³-hybridized carbons (Fsp3) is 0.611. The molecule has 2 amide bonds. The molecule has 122 valence electrons. The molecule has 1 unspecified atom stereocenters. The second kappa shape index (κ2) is 8.06. The van der Waals surface area contributed by atoms with E-state index >= 15 is 0 Å². The molecule has 1 fully saturated rings. The lowest BCUT2D eigenvalue weighted by Gasteiger charge is -2.27. The zero-order chi connectivity index (χ0) is 15.9. The Hall–Kier alpha value is -1.71. The molecule has 1 aliphatic rings. The molecule has 1 aromatic carbocycles. The van der Waals surface area contributed by atoms with Crippen LogP contribution in [0.5, 0.6) is 5.75 Å². The van der Waals surface area contributed by atoms with Gasteiger partial charge < -0.3 is 15.0 Å². The average Bonchev–Trinajstić information content (AvgIpc) is 3.03. The second-order valence-electron chi connectivity index (χ2n) is 5.82. The highest BCUT2D eigenvalue weighted by Gasteiger charge is 2.30. The van der Waals surface area contributed by atoms with Crippen LogP contribution in [-0.2, 0) is 0 Å². The van der Waals surface area contributed by atoms with Gasteiger partial charge in [0.1, 0.15) is 5.75 Å². The number of nitrogens with one attached hydrogen (secondary N) is 1. The minimum absolute atomic E-state index is 0.0742. The van der Waals surface area contributed by atoms with Crippen LogP contribution in [-0.4, -0.2) is 30.1 Å². The summed E-state index contributed by atoms with van der Waals surface area (Å²) in [7, 11) is 0. The average molecular weight is 304 g/mol. The number of nitrogens with zero attached hydrogens (tertiary/aromatic N) is 1. The molecule has 4 heteroatoms. The number of hydrogen-bond donors (Lipinski definition) is 1. The van der Waals surface area contributed by atoms with E-state index in [1.165, 1.54) is 5.56 Å². The van der Waals surface area contributed by atoms with Crippen molar-refractivity contribution < 1.29 is 9.53 Å². The van der Waals surface area contributed by atoms with Crippen LogP contribution in [0.25, 0.3) is 0 Å². The maximum Gasteiger partial charge on any atom is 0.318 e. The van der Waals surface area contributed by atoms with Crippen molar-refractivity contribution in [2.75, 3.05) is 13.2 Å². The van der Waals surface area contributed by atoms with Crippen molar-refractivity contribution in [3.8, 4) is 5.75 Å². The Morgan fingerprint density at radius 3 is 2.55 bits per heavy atom. The van der Waals surface area contributed by atoms with E-state index in [2.05, 4.69) is 31.3 Å². The largest absolute Gasteiger partial charge is 0.494 e. The summed E-state index contributed by atoms with van der Waals surface area (Å²) in [5.41, 5.74) is 1.20. The van der Waals surface area contributed by atoms with Gasteiger partial charge in [-0.3, -0.25) is 0 Å². The Labute approximate surface area is 133 Å². The zero-order valence-electron chi connectivity index (χ0n) is 14.0. The third-order valence-corrected chi connectivity index (χ3v) is 4.40. The van der Waals surface area contributed by atoms with E-state index in [-0.39, 0.29) is 18.1 Å². The van der Waals surface area contributed by atoms with Gasteiger partial charge in [-0.15, -0.1) is 0 Å². The maximum absolute atomic E-state index is 12.5. The van der Waals surface area contributed by atoms with Gasteiger partial charge in [-0.2, -0.15) is 0 Å². The van der Waals surface area contributed by atoms with Crippen LogP contribution >= 0.6 is 0 Å². The summed E-state index contributed by atoms with van der Waals surface area (Å²) >= 11 is 0. The number of carbonyl (C=O) groups excluding carboxylic acids is 1. The molecule has 2 rings (SSSR count). The first-order valence-corrected chi connectivity index (χ1v) is 8.49. The van der Waals surface area contributed by atoms with E-state index < -0.39 is 0 Å². The van der Waals surface area contributed by atoms with Crippen LogP contribution in [0, 0.1) is 0 Å². The van der Waals surface area contributed by atoms with Crippen molar-refractivity contribution in [3.05, 3.63) is 29.8 Å². The van der Waals surface area contributed by atoms with Crippen molar-refractivity contribution in [2.45, 2.75) is 58.5 Å². The highest BCUT2D eigenvalue weighted by Crippen LogP contribution is 2.32. The van der Waals surface area contributed by atoms with E-state index in [0.29, 0.717) is 6.61 Å². The lowest BCUT2D eigenvalue weighted by Crippen LogP contribution is -2.44. The van der Waals surface area contributed by atoms with E-state index in [9.17, 15) is 4.79 Å². The molecule has 0 aliphatic carbocycles. The van der Waals surface area contributed by atoms with Crippen LogP contribution in [0.1, 0.15) is 58.1 Å². The molecule has 0 radical (unpaired) electrons. The molecule has 4 nitrogen and oxygen atoms in total. The molecular formula is C18H28N2O2. The molecule has 1 heterocycles. The van der Waals surface area contributed by atoms with Gasteiger partial charge in [-0.25, -0.2) is 4.79 Å². The Bertz CT molecular complexity index is 468. The first-order valence-electron chi connectivity index (χ1n) is 8.49. The fourth-order valence-corrected chi connectivity index (χ4v) is 3.06. The topological polar surface area (TPSA) is 41.6 Å². The summed E-state index contributed by atoms with van der Waals surface area (Å²) in [6.45, 7) is 7.72. The SMILES string of the molecule is CCOc1ccc(C2CCCN2C(=O)NC(CC)CC)cc1. The molecule has 1 N–H and O–H groups in total. The predicted molar refractivity (Wildman–Crippen MR) is 89.2 cm³/mol. The summed E-state index contributed by atoms with van der Waals surface area (Å²) in [6, 6.07) is 8.68. The third-order valence-electron chi connectivity index (χ3n) is 4.40. The quantitative estimate of drug-likeness (QED) is 0.859. The monoisotopic (exact) mass is 304 g/mol. The summed E-state index contributed by atoms with van der Waals surface area (Å²) < 4.78 is 5.49. The summed E-state index contributed by atoms with van der Waals surface area (Å²) in [4.78, 5) is 14.5. The molecule has 1 saturated heterocycles. The van der Waals surface area contributed by atoms with Crippen molar-refractivity contribution in [1.82, 2.24) is 10.2 Å². The van der Waals surface area contributed by atoms with Gasteiger partial charge in [0, 0.05) is 12.6 Å². The van der Waals surface area contributed by atoms with E-state index in [1.54, 1.807) is 0 Å². The molecule has 0 aromatic heterocycles. The Balaban J connectivity index is 2.04. The number of amides is 2. The molecule has 0 saturated carbocycles. The molecule has 1 atom stereocenters. The van der Waals surface area contributed by atoms with Gasteiger partial charge in [0.05, 0.1) is 12.6 Å². The normalized spacial score (nSPS) is 17.8. The number of carbonyl (C=O) groups is 1. The van der Waals surface area contributed by atoms with Crippen LogP contribution < -0.4 is 10.1 Å². The van der Waals surface area contributed by atoms with Gasteiger partial charge in [0.15, 0.2) is 0 Å². The Kier molecular flexibility index (Phi) is 6.10. The van der Waals surface area contributed by atoms with E-state index in [4.69, 9.17) is 4.74 Å². The lowest BCUT2D eigenvalue weighted by atomic mass is 10.0. The molecule has 1 aliphatic heterocycles. The number of rotatable bonds is 6. The first kappa shape index (κ1) is 16.7. The Morgan fingerprint density at radius 1 is 1.27 bits per heavy atom. The predicted octanol–water partition coefficient (Wildman–Crippen LogP) is 4.12. The van der Waals surface area contributed by atoms with E-state index in [0.717, 1.165) is 38.0 Å². The van der Waals surface area contributed by atoms with Crippen molar-refractivity contribution in [1.29, 1.82) is 0 Å². The standard InChI is InChI=1S/C18H28N2O2/c1-4-15(5-2)19-18(21)20-13-7-8-17(20)14-9-11-16(12-10-14)22-6-3/h9-12,15,17H,4-8,13H2,1-3H3,(H,19,21). The molecular weight excluding hydrogens is 276 g/mol. The summed E-state index contributed by atoms with van der Waals surface area (Å²) in [6.07, 6.45) is 4.05. The smallest absolute Gasteiger partial charge is 0.318 e. The highest BCUT2D eigenvalue weighted by atomic mass is 16.5. The number of ether oxygens (including phenoxy) is 1. The minimum Gasteiger partial charge on any atom is -0.494 e. The number of benzene rings is 1. The van der Waals surface area contributed by atoms with Crippen molar-refractivity contribution in [2.24, 2.45) is 0 Å². The maximum atomic E-state index is 12.5. The van der Waals surface area contributed by atoms with Crippen LogP contribution in [0.15, 0.2) is 24.3 Å². The van der Waals surface area contributed by atoms with Gasteiger partial charge in [-0.05, 0) is 50.3 Å². The number of urea groups is 1. The van der Waals surface area contributed by atoms with Gasteiger partial charge >= 0.3 is 6.03 Å².